The highest BCUT2D eigenvalue weighted by atomic mass is 35.5. The zero-order chi connectivity index (χ0) is 24.2. The first-order valence-corrected chi connectivity index (χ1v) is 12.3. The molecule has 0 aliphatic heterocycles. The molecule has 0 saturated heterocycles. The Balaban J connectivity index is 1.82. The monoisotopic (exact) mass is 508 g/mol. The molecule has 0 aliphatic carbocycles. The van der Waals surface area contributed by atoms with Crippen LogP contribution in [-0.2, 0) is 16.6 Å². The van der Waals surface area contributed by atoms with E-state index in [0.717, 1.165) is 10.6 Å². The molecule has 3 aromatic carbocycles. The molecular weight excluding hydrogens is 487 g/mol. The van der Waals surface area contributed by atoms with E-state index < -0.39 is 10.0 Å². The van der Waals surface area contributed by atoms with Crippen molar-refractivity contribution >= 4 is 50.5 Å². The molecule has 0 spiro atoms. The van der Waals surface area contributed by atoms with Gasteiger partial charge < -0.3 is 14.8 Å². The molecule has 0 heterocycles. The number of halogens is 2. The predicted octanol–water partition coefficient (Wildman–Crippen LogP) is 5.23. The minimum Gasteiger partial charge on any atom is -0.497 e. The average molecular weight is 509 g/mol. The second kappa shape index (κ2) is 10.3. The molecule has 0 bridgehead atoms. The number of nitrogens with zero attached hydrogens (tertiary/aromatic N) is 1. The van der Waals surface area contributed by atoms with Gasteiger partial charge in [-0.3, -0.25) is 9.10 Å². The standard InChI is InChI=1S/C23H22Cl2N2O5S/c1-31-17-11-12-21(32-2)19(13-17)26-23(28)16-9-7-15(8-10-16)14-27(33(3,29)30)20-6-4-5-18(24)22(20)25/h4-13H,14H2,1-3H3,(H,26,28). The van der Waals surface area contributed by atoms with Crippen LogP contribution in [0.1, 0.15) is 15.9 Å². The fraction of sp³-hybridized carbons (Fsp3) is 0.174. The summed E-state index contributed by atoms with van der Waals surface area (Å²) < 4.78 is 36.5. The van der Waals surface area contributed by atoms with Crippen LogP contribution < -0.4 is 19.1 Å². The Labute approximate surface area is 202 Å². The van der Waals surface area contributed by atoms with E-state index in [1.165, 1.54) is 14.2 Å². The SMILES string of the molecule is COc1ccc(OC)c(NC(=O)c2ccc(CN(c3cccc(Cl)c3Cl)S(C)(=O)=O)cc2)c1. The normalized spacial score (nSPS) is 11.1. The summed E-state index contributed by atoms with van der Waals surface area (Å²) in [6, 6.07) is 16.4. The Bertz CT molecular complexity index is 1260. The first kappa shape index (κ1) is 24.7. The quantitative estimate of drug-likeness (QED) is 0.450. The summed E-state index contributed by atoms with van der Waals surface area (Å²) in [5, 5.41) is 3.19. The summed E-state index contributed by atoms with van der Waals surface area (Å²) in [5.41, 5.74) is 1.78. The van der Waals surface area contributed by atoms with Crippen LogP contribution in [0.4, 0.5) is 11.4 Å². The van der Waals surface area contributed by atoms with Crippen molar-refractivity contribution in [3.05, 3.63) is 81.8 Å². The molecule has 10 heteroatoms. The van der Waals surface area contributed by atoms with E-state index in [4.69, 9.17) is 32.7 Å². The molecule has 0 radical (unpaired) electrons. The topological polar surface area (TPSA) is 84.9 Å². The molecule has 0 aromatic heterocycles. The van der Waals surface area contributed by atoms with Gasteiger partial charge in [0.1, 0.15) is 11.5 Å². The number of sulfonamides is 1. The Morgan fingerprint density at radius 1 is 1.00 bits per heavy atom. The minimum atomic E-state index is -3.65. The first-order valence-electron chi connectivity index (χ1n) is 9.68. The summed E-state index contributed by atoms with van der Waals surface area (Å²) in [4.78, 5) is 12.7. The molecule has 3 rings (SSSR count). The van der Waals surface area contributed by atoms with Gasteiger partial charge in [-0.2, -0.15) is 0 Å². The molecule has 0 saturated carbocycles. The van der Waals surface area contributed by atoms with E-state index in [9.17, 15) is 13.2 Å². The van der Waals surface area contributed by atoms with Crippen LogP contribution in [0.25, 0.3) is 0 Å². The maximum Gasteiger partial charge on any atom is 0.255 e. The maximum absolute atomic E-state index is 12.7. The lowest BCUT2D eigenvalue weighted by Crippen LogP contribution is -2.29. The lowest BCUT2D eigenvalue weighted by Gasteiger charge is -2.24. The van der Waals surface area contributed by atoms with Crippen LogP contribution in [0.3, 0.4) is 0 Å². The third-order valence-corrected chi connectivity index (χ3v) is 6.73. The van der Waals surface area contributed by atoms with E-state index in [1.54, 1.807) is 60.7 Å². The van der Waals surface area contributed by atoms with Crippen molar-refractivity contribution in [2.24, 2.45) is 0 Å². The summed E-state index contributed by atoms with van der Waals surface area (Å²) in [6.07, 6.45) is 1.09. The number of hydrogen-bond acceptors (Lipinski definition) is 5. The number of carbonyl (C=O) groups is 1. The van der Waals surface area contributed by atoms with Gasteiger partial charge in [-0.15, -0.1) is 0 Å². The van der Waals surface area contributed by atoms with Crippen molar-refractivity contribution in [3.63, 3.8) is 0 Å². The zero-order valence-corrected chi connectivity index (χ0v) is 20.5. The number of nitrogens with one attached hydrogen (secondary N) is 1. The van der Waals surface area contributed by atoms with Crippen LogP contribution in [0, 0.1) is 0 Å². The fourth-order valence-electron chi connectivity index (χ4n) is 3.10. The zero-order valence-electron chi connectivity index (χ0n) is 18.1. The van der Waals surface area contributed by atoms with Crippen molar-refractivity contribution in [3.8, 4) is 11.5 Å². The van der Waals surface area contributed by atoms with Crippen LogP contribution in [0.15, 0.2) is 60.7 Å². The number of hydrogen-bond donors (Lipinski definition) is 1. The van der Waals surface area contributed by atoms with Gasteiger partial charge >= 0.3 is 0 Å². The van der Waals surface area contributed by atoms with Crippen LogP contribution in [0.2, 0.25) is 10.0 Å². The smallest absolute Gasteiger partial charge is 0.255 e. The minimum absolute atomic E-state index is 0.0184. The molecule has 0 fully saturated rings. The average Bonchev–Trinajstić information content (AvgIpc) is 2.79. The fourth-order valence-corrected chi connectivity index (χ4v) is 4.44. The summed E-state index contributed by atoms with van der Waals surface area (Å²) >= 11 is 12.3. The van der Waals surface area contributed by atoms with Gasteiger partial charge in [-0.05, 0) is 42.0 Å². The van der Waals surface area contributed by atoms with E-state index >= 15 is 0 Å². The largest absolute Gasteiger partial charge is 0.497 e. The van der Waals surface area contributed by atoms with E-state index in [1.807, 2.05) is 0 Å². The number of benzene rings is 3. The van der Waals surface area contributed by atoms with Gasteiger partial charge in [0.2, 0.25) is 10.0 Å². The first-order chi connectivity index (χ1) is 15.6. The molecular formula is C23H22Cl2N2O5S. The van der Waals surface area contributed by atoms with Crippen molar-refractivity contribution in [1.82, 2.24) is 0 Å². The predicted molar refractivity (Wildman–Crippen MR) is 131 cm³/mol. The van der Waals surface area contributed by atoms with Gasteiger partial charge in [0.05, 0.1) is 48.4 Å². The van der Waals surface area contributed by atoms with Crippen LogP contribution in [-0.4, -0.2) is 34.8 Å². The number of methoxy groups -OCH3 is 2. The Kier molecular flexibility index (Phi) is 7.73. The lowest BCUT2D eigenvalue weighted by atomic mass is 10.1. The maximum atomic E-state index is 12.7. The number of anilines is 2. The van der Waals surface area contributed by atoms with Crippen molar-refractivity contribution in [2.45, 2.75) is 6.54 Å². The highest BCUT2D eigenvalue weighted by Gasteiger charge is 2.22. The van der Waals surface area contributed by atoms with Gasteiger partial charge in [-0.25, -0.2) is 8.42 Å². The number of ether oxygens (including phenoxy) is 2. The van der Waals surface area contributed by atoms with Gasteiger partial charge in [0, 0.05) is 11.6 Å². The van der Waals surface area contributed by atoms with Gasteiger partial charge in [0.25, 0.3) is 5.91 Å². The van der Waals surface area contributed by atoms with Crippen molar-refractivity contribution in [2.75, 3.05) is 30.1 Å². The molecule has 174 valence electrons. The van der Waals surface area contributed by atoms with E-state index in [0.29, 0.717) is 28.3 Å². The summed E-state index contributed by atoms with van der Waals surface area (Å²) in [7, 11) is -0.616. The Morgan fingerprint density at radius 3 is 2.30 bits per heavy atom. The summed E-state index contributed by atoms with van der Waals surface area (Å²) in [6.45, 7) is 0.0184. The van der Waals surface area contributed by atoms with E-state index in [2.05, 4.69) is 5.32 Å². The van der Waals surface area contributed by atoms with Gasteiger partial charge in [-0.1, -0.05) is 41.4 Å². The third kappa shape index (κ3) is 5.90. The molecule has 0 aliphatic rings. The Morgan fingerprint density at radius 2 is 1.70 bits per heavy atom. The molecule has 33 heavy (non-hydrogen) atoms. The summed E-state index contributed by atoms with van der Waals surface area (Å²) in [5.74, 6) is 0.705. The van der Waals surface area contributed by atoms with Crippen molar-refractivity contribution in [1.29, 1.82) is 0 Å². The second-order valence-corrected chi connectivity index (χ2v) is 9.75. The van der Waals surface area contributed by atoms with Crippen LogP contribution >= 0.6 is 23.2 Å². The second-order valence-electron chi connectivity index (χ2n) is 7.06. The number of rotatable bonds is 8. The molecule has 1 N–H and O–H groups in total. The molecule has 0 atom stereocenters. The van der Waals surface area contributed by atoms with E-state index in [-0.39, 0.29) is 28.2 Å². The molecule has 7 nitrogen and oxygen atoms in total. The highest BCUT2D eigenvalue weighted by Crippen LogP contribution is 2.34. The van der Waals surface area contributed by atoms with Gasteiger partial charge in [0.15, 0.2) is 0 Å². The Hall–Kier alpha value is -2.94. The highest BCUT2D eigenvalue weighted by molar-refractivity contribution is 7.92. The molecule has 0 unspecified atom stereocenters. The number of amides is 1. The lowest BCUT2D eigenvalue weighted by molar-refractivity contribution is 0.102. The number of carbonyl (C=O) groups excluding carboxylic acids is 1. The van der Waals surface area contributed by atoms with Crippen molar-refractivity contribution < 1.29 is 22.7 Å². The third-order valence-electron chi connectivity index (χ3n) is 4.80. The molecule has 1 amide bonds. The molecule has 3 aromatic rings. The van der Waals surface area contributed by atoms with Crippen LogP contribution in [0.5, 0.6) is 11.5 Å².